The van der Waals surface area contributed by atoms with Crippen LogP contribution in [0.4, 0.5) is 0 Å². The first-order chi connectivity index (χ1) is 9.61. The van der Waals surface area contributed by atoms with Crippen LogP contribution in [-0.2, 0) is 13.2 Å². The molecular weight excluding hydrogens is 318 g/mol. The zero-order valence-corrected chi connectivity index (χ0v) is 13.6. The van der Waals surface area contributed by atoms with E-state index < -0.39 is 0 Å². The van der Waals surface area contributed by atoms with E-state index >= 15 is 0 Å². The molecule has 0 aliphatic heterocycles. The van der Waals surface area contributed by atoms with E-state index in [0.29, 0.717) is 12.6 Å². The van der Waals surface area contributed by atoms with Crippen molar-refractivity contribution in [1.29, 1.82) is 0 Å². The molecule has 5 heteroatoms. The van der Waals surface area contributed by atoms with Crippen molar-refractivity contribution < 1.29 is 4.74 Å². The van der Waals surface area contributed by atoms with Crippen LogP contribution in [0.1, 0.15) is 31.1 Å². The van der Waals surface area contributed by atoms with Gasteiger partial charge in [0.05, 0.1) is 18.2 Å². The molecule has 1 aromatic carbocycles. The Labute approximate surface area is 128 Å². The van der Waals surface area contributed by atoms with E-state index in [4.69, 9.17) is 4.74 Å². The minimum Gasteiger partial charge on any atom is -0.487 e. The van der Waals surface area contributed by atoms with Crippen molar-refractivity contribution in [3.8, 4) is 5.75 Å². The van der Waals surface area contributed by atoms with E-state index in [2.05, 4.69) is 50.7 Å². The largest absolute Gasteiger partial charge is 0.487 e. The average Bonchev–Trinajstić information content (AvgIpc) is 2.87. The number of hydrogen-bond donors (Lipinski definition) is 1. The molecule has 1 N–H and O–H groups in total. The van der Waals surface area contributed by atoms with E-state index in [1.165, 1.54) is 0 Å². The number of nitrogens with one attached hydrogen (secondary N) is 1. The van der Waals surface area contributed by atoms with E-state index in [9.17, 15) is 0 Å². The summed E-state index contributed by atoms with van der Waals surface area (Å²) < 4.78 is 9.14. The van der Waals surface area contributed by atoms with E-state index in [-0.39, 0.29) is 0 Å². The normalized spacial score (nSPS) is 11.1. The van der Waals surface area contributed by atoms with Gasteiger partial charge in [-0.25, -0.2) is 4.98 Å². The number of ether oxygens (including phenoxy) is 1. The topological polar surface area (TPSA) is 39.1 Å². The Bertz CT molecular complexity index is 566. The molecule has 0 saturated carbocycles. The second kappa shape index (κ2) is 6.90. The highest BCUT2D eigenvalue weighted by Crippen LogP contribution is 2.24. The van der Waals surface area contributed by atoms with Gasteiger partial charge in [-0.3, -0.25) is 0 Å². The van der Waals surface area contributed by atoms with Gasteiger partial charge in [-0.05, 0) is 39.1 Å². The Morgan fingerprint density at radius 1 is 1.40 bits per heavy atom. The Morgan fingerprint density at radius 2 is 2.20 bits per heavy atom. The van der Waals surface area contributed by atoms with Crippen LogP contribution in [0.3, 0.4) is 0 Å². The lowest BCUT2D eigenvalue weighted by atomic mass is 10.2. The van der Waals surface area contributed by atoms with Crippen molar-refractivity contribution in [2.45, 2.75) is 33.0 Å². The van der Waals surface area contributed by atoms with Crippen molar-refractivity contribution in [3.63, 3.8) is 0 Å². The Hall–Kier alpha value is -1.33. The summed E-state index contributed by atoms with van der Waals surface area (Å²) in [5.74, 6) is 0.902. The van der Waals surface area contributed by atoms with Crippen molar-refractivity contribution in [2.24, 2.45) is 0 Å². The van der Waals surface area contributed by atoms with Gasteiger partial charge in [0.25, 0.3) is 0 Å². The van der Waals surface area contributed by atoms with Gasteiger partial charge in [0.1, 0.15) is 12.4 Å². The fourth-order valence-corrected chi connectivity index (χ4v) is 2.49. The van der Waals surface area contributed by atoms with Crippen LogP contribution < -0.4 is 10.1 Å². The maximum Gasteiger partial charge on any atom is 0.130 e. The number of imidazole rings is 1. The lowest BCUT2D eigenvalue weighted by molar-refractivity contribution is 0.288. The molecular formula is C15H20BrN3O. The fourth-order valence-electron chi connectivity index (χ4n) is 2.08. The molecule has 2 aromatic rings. The molecule has 0 fully saturated rings. The third-order valence-corrected chi connectivity index (χ3v) is 3.56. The third kappa shape index (κ3) is 3.61. The molecule has 0 aliphatic carbocycles. The molecule has 1 aromatic heterocycles. The van der Waals surface area contributed by atoms with Crippen molar-refractivity contribution in [2.75, 3.05) is 7.05 Å². The summed E-state index contributed by atoms with van der Waals surface area (Å²) in [4.78, 5) is 4.19. The van der Waals surface area contributed by atoms with Crippen LogP contribution >= 0.6 is 15.9 Å². The predicted octanol–water partition coefficient (Wildman–Crippen LogP) is 3.52. The molecule has 0 unspecified atom stereocenters. The zero-order valence-electron chi connectivity index (χ0n) is 12.1. The quantitative estimate of drug-likeness (QED) is 0.876. The van der Waals surface area contributed by atoms with Gasteiger partial charge in [-0.15, -0.1) is 0 Å². The lowest BCUT2D eigenvalue weighted by Gasteiger charge is -2.15. The number of hydrogen-bond acceptors (Lipinski definition) is 3. The lowest BCUT2D eigenvalue weighted by Crippen LogP contribution is -2.10. The number of benzene rings is 1. The van der Waals surface area contributed by atoms with Crippen molar-refractivity contribution >= 4 is 15.9 Å². The first kappa shape index (κ1) is 15.1. The molecule has 108 valence electrons. The third-order valence-electron chi connectivity index (χ3n) is 3.07. The number of rotatable bonds is 6. The summed E-state index contributed by atoms with van der Waals surface area (Å²) in [6.07, 6.45) is 3.70. The van der Waals surface area contributed by atoms with Crippen LogP contribution in [-0.4, -0.2) is 16.6 Å². The summed E-state index contributed by atoms with van der Waals surface area (Å²) in [7, 11) is 1.93. The van der Waals surface area contributed by atoms with Gasteiger partial charge in [-0.2, -0.15) is 0 Å². The van der Waals surface area contributed by atoms with E-state index in [0.717, 1.165) is 28.0 Å². The van der Waals surface area contributed by atoms with Crippen LogP contribution in [0.15, 0.2) is 35.2 Å². The second-order valence-electron chi connectivity index (χ2n) is 4.96. The first-order valence-corrected chi connectivity index (χ1v) is 7.47. The highest BCUT2D eigenvalue weighted by atomic mass is 79.9. The minimum absolute atomic E-state index is 0.387. The van der Waals surface area contributed by atoms with Crippen molar-refractivity contribution in [1.82, 2.24) is 14.9 Å². The first-order valence-electron chi connectivity index (χ1n) is 6.68. The maximum absolute atomic E-state index is 5.96. The number of nitrogens with zero attached hydrogens (tertiary/aromatic N) is 2. The Balaban J connectivity index is 2.12. The molecule has 0 radical (unpaired) electrons. The average molecular weight is 338 g/mol. The summed E-state index contributed by atoms with van der Waals surface area (Å²) in [5, 5.41) is 3.16. The van der Waals surface area contributed by atoms with Crippen LogP contribution in [0, 0.1) is 0 Å². The Morgan fingerprint density at radius 3 is 2.90 bits per heavy atom. The second-order valence-corrected chi connectivity index (χ2v) is 5.87. The minimum atomic E-state index is 0.387. The van der Waals surface area contributed by atoms with Gasteiger partial charge in [0.15, 0.2) is 0 Å². The smallest absolute Gasteiger partial charge is 0.130 e. The van der Waals surface area contributed by atoms with Gasteiger partial charge < -0.3 is 14.6 Å². The molecule has 0 aliphatic rings. The summed E-state index contributed by atoms with van der Waals surface area (Å²) >= 11 is 3.49. The summed E-state index contributed by atoms with van der Waals surface area (Å²) in [6.45, 7) is 5.57. The highest BCUT2D eigenvalue weighted by molar-refractivity contribution is 9.10. The molecule has 0 bridgehead atoms. The van der Waals surface area contributed by atoms with Crippen LogP contribution in [0.5, 0.6) is 5.75 Å². The van der Waals surface area contributed by atoms with E-state index in [1.807, 2.05) is 31.7 Å². The van der Waals surface area contributed by atoms with Crippen LogP contribution in [0.25, 0.3) is 0 Å². The van der Waals surface area contributed by atoms with Crippen LogP contribution in [0.2, 0.25) is 0 Å². The summed E-state index contributed by atoms with van der Waals surface area (Å²) in [5.41, 5.74) is 2.22. The monoisotopic (exact) mass is 337 g/mol. The van der Waals surface area contributed by atoms with Gasteiger partial charge in [0, 0.05) is 22.6 Å². The molecule has 1 heterocycles. The maximum atomic E-state index is 5.96. The van der Waals surface area contributed by atoms with Gasteiger partial charge in [-0.1, -0.05) is 15.9 Å². The van der Waals surface area contributed by atoms with Crippen molar-refractivity contribution in [3.05, 3.63) is 46.5 Å². The highest BCUT2D eigenvalue weighted by Gasteiger charge is 2.08. The van der Waals surface area contributed by atoms with Gasteiger partial charge >= 0.3 is 0 Å². The number of halogens is 1. The summed E-state index contributed by atoms with van der Waals surface area (Å²) in [6, 6.07) is 6.45. The Kier molecular flexibility index (Phi) is 5.20. The SMILES string of the molecule is CNCc1cc(Br)ccc1OCc1cncn1C(C)C. The molecule has 20 heavy (non-hydrogen) atoms. The molecule has 2 rings (SSSR count). The fraction of sp³-hybridized carbons (Fsp3) is 0.400. The number of aromatic nitrogens is 2. The zero-order chi connectivity index (χ0) is 14.5. The molecule has 4 nitrogen and oxygen atoms in total. The molecule has 0 amide bonds. The molecule has 0 spiro atoms. The predicted molar refractivity (Wildman–Crippen MR) is 83.8 cm³/mol. The van der Waals surface area contributed by atoms with Gasteiger partial charge in [0.2, 0.25) is 0 Å². The standard InChI is InChI=1S/C15H20BrN3O/c1-11(2)19-10-18-8-14(19)9-20-15-5-4-13(16)6-12(15)7-17-3/h4-6,8,10-11,17H,7,9H2,1-3H3. The molecule has 0 atom stereocenters. The van der Waals surface area contributed by atoms with E-state index in [1.54, 1.807) is 0 Å². The molecule has 0 saturated heterocycles.